The van der Waals surface area contributed by atoms with Crippen molar-refractivity contribution >= 4 is 34.6 Å². The number of imide groups is 2. The van der Waals surface area contributed by atoms with Gasteiger partial charge in [0.05, 0.1) is 30.4 Å². The molecule has 11 heteroatoms. The summed E-state index contributed by atoms with van der Waals surface area (Å²) in [6.45, 7) is 1.95. The zero-order valence-corrected chi connectivity index (χ0v) is 24.0. The van der Waals surface area contributed by atoms with Crippen molar-refractivity contribution < 1.29 is 33.1 Å². The Hall–Kier alpha value is -4.87. The van der Waals surface area contributed by atoms with Gasteiger partial charge in [0, 0.05) is 37.4 Å². The summed E-state index contributed by atoms with van der Waals surface area (Å²) in [7, 11) is 0. The molecule has 44 heavy (non-hydrogen) atoms. The van der Waals surface area contributed by atoms with Crippen molar-refractivity contribution in [2.24, 2.45) is 0 Å². The minimum absolute atomic E-state index is 0.0671. The number of para-hydroxylation sites is 1. The molecule has 11 nitrogen and oxygen atoms in total. The highest BCUT2D eigenvalue weighted by atomic mass is 16.5. The maximum absolute atomic E-state index is 13.2. The largest absolute Gasteiger partial charge is 0.493 e. The number of rotatable bonds is 13. The van der Waals surface area contributed by atoms with E-state index >= 15 is 0 Å². The minimum Gasteiger partial charge on any atom is -0.493 e. The number of carbonyl (C=O) groups is 4. The van der Waals surface area contributed by atoms with E-state index < -0.39 is 29.7 Å². The molecule has 0 spiro atoms. The lowest BCUT2D eigenvalue weighted by Crippen LogP contribution is -2.54. The topological polar surface area (TPSA) is 140 Å². The fourth-order valence-corrected chi connectivity index (χ4v) is 5.54. The lowest BCUT2D eigenvalue weighted by Gasteiger charge is -2.27. The first-order valence-corrected chi connectivity index (χ1v) is 14.7. The number of nitrogens with zero attached hydrogens (tertiary/aromatic N) is 2. The third kappa shape index (κ3) is 6.10. The molecule has 0 bridgehead atoms. The Balaban J connectivity index is 0.955. The lowest BCUT2D eigenvalue weighted by atomic mass is 10.0. The smallest absolute Gasteiger partial charge is 0.266 e. The van der Waals surface area contributed by atoms with Gasteiger partial charge in [-0.2, -0.15) is 0 Å². The number of fused-ring (bicyclic) bond motifs is 2. The number of hydrogen-bond acceptors (Lipinski definition) is 9. The van der Waals surface area contributed by atoms with E-state index in [2.05, 4.69) is 15.6 Å². The molecule has 2 aromatic carbocycles. The van der Waals surface area contributed by atoms with Crippen LogP contribution in [0.3, 0.4) is 0 Å². The Bertz CT molecular complexity index is 1650. The molecule has 226 valence electrons. The first-order valence-electron chi connectivity index (χ1n) is 14.7. The summed E-state index contributed by atoms with van der Waals surface area (Å²) in [6, 6.07) is 17.5. The van der Waals surface area contributed by atoms with Crippen molar-refractivity contribution in [3.63, 3.8) is 0 Å². The summed E-state index contributed by atoms with van der Waals surface area (Å²) in [6.07, 6.45) is 5.14. The third-order valence-corrected chi connectivity index (χ3v) is 7.71. The number of nitrogens with one attached hydrogen (secondary N) is 2. The number of ether oxygens (including phenoxy) is 2. The average Bonchev–Trinajstić information content (AvgIpc) is 3.57. The van der Waals surface area contributed by atoms with Crippen molar-refractivity contribution in [2.75, 3.05) is 26.4 Å². The van der Waals surface area contributed by atoms with Crippen molar-refractivity contribution in [1.29, 1.82) is 0 Å². The van der Waals surface area contributed by atoms with E-state index in [1.165, 1.54) is 0 Å². The highest BCUT2D eigenvalue weighted by Gasteiger charge is 2.46. The van der Waals surface area contributed by atoms with Gasteiger partial charge < -0.3 is 19.2 Å². The number of amides is 4. The highest BCUT2D eigenvalue weighted by molar-refractivity contribution is 6.24. The van der Waals surface area contributed by atoms with Crippen LogP contribution >= 0.6 is 0 Å². The molecule has 0 aliphatic carbocycles. The molecule has 0 saturated carbocycles. The van der Waals surface area contributed by atoms with Crippen LogP contribution in [-0.2, 0) is 14.3 Å². The second-order valence-electron chi connectivity index (χ2n) is 10.7. The number of hydrogen-bond donors (Lipinski definition) is 2. The summed E-state index contributed by atoms with van der Waals surface area (Å²) >= 11 is 0. The van der Waals surface area contributed by atoms with Crippen LogP contribution in [-0.4, -0.2) is 65.9 Å². The quantitative estimate of drug-likeness (QED) is 0.174. The number of carbonyl (C=O) groups excluding carboxylic acids is 4. The molecule has 2 N–H and O–H groups in total. The molecule has 4 heterocycles. The van der Waals surface area contributed by atoms with Gasteiger partial charge in [-0.05, 0) is 55.2 Å². The van der Waals surface area contributed by atoms with Crippen molar-refractivity contribution in [3.8, 4) is 5.75 Å². The SMILES string of the molecule is O=C1CCC(N2C(=O)c3cccc(OCCCCOCCNC(c4cccnc4)c4cc5ccccc5o4)c3C2=O)C(=O)N1. The zero-order chi connectivity index (χ0) is 30.5. The second kappa shape index (κ2) is 13.2. The van der Waals surface area contributed by atoms with Gasteiger partial charge in [0.15, 0.2) is 0 Å². The van der Waals surface area contributed by atoms with Crippen molar-refractivity contribution in [1.82, 2.24) is 20.5 Å². The maximum atomic E-state index is 13.2. The van der Waals surface area contributed by atoms with Gasteiger partial charge in [-0.1, -0.05) is 30.3 Å². The summed E-state index contributed by atoms with van der Waals surface area (Å²) < 4.78 is 17.8. The van der Waals surface area contributed by atoms with Gasteiger partial charge in [-0.3, -0.25) is 34.4 Å². The van der Waals surface area contributed by atoms with Crippen LogP contribution in [0.15, 0.2) is 77.5 Å². The van der Waals surface area contributed by atoms with Crippen molar-refractivity contribution in [3.05, 3.63) is 95.5 Å². The normalized spacial score (nSPS) is 17.2. The molecule has 6 rings (SSSR count). The van der Waals surface area contributed by atoms with E-state index in [0.29, 0.717) is 38.5 Å². The summed E-state index contributed by atoms with van der Waals surface area (Å²) in [4.78, 5) is 55.2. The van der Waals surface area contributed by atoms with E-state index in [1.807, 2.05) is 48.7 Å². The number of furan rings is 1. The standard InChI is InChI=1S/C33H32N4O7/c38-28-13-12-24(31(39)36-28)37-32(40)23-9-5-11-26(29(23)33(37)41)43-17-4-3-16-42-18-15-35-30(22-8-6-14-34-20-22)27-19-21-7-1-2-10-25(21)44-27/h1-2,5-11,14,19-20,24,30,35H,3-4,12-13,15-18H2,(H,36,38,39). The summed E-state index contributed by atoms with van der Waals surface area (Å²) in [5.41, 5.74) is 2.17. The minimum atomic E-state index is -1.02. The first-order chi connectivity index (χ1) is 21.5. The Morgan fingerprint density at radius 1 is 0.977 bits per heavy atom. The van der Waals surface area contributed by atoms with Crippen LogP contribution in [0.25, 0.3) is 11.0 Å². The van der Waals surface area contributed by atoms with Gasteiger partial charge in [0.1, 0.15) is 23.1 Å². The molecule has 0 radical (unpaired) electrons. The molecule has 4 amide bonds. The number of aromatic nitrogens is 1. The second-order valence-corrected chi connectivity index (χ2v) is 10.7. The first kappa shape index (κ1) is 29.2. The van der Waals surface area contributed by atoms with Crippen LogP contribution in [0.4, 0.5) is 0 Å². The molecule has 1 fully saturated rings. The van der Waals surface area contributed by atoms with Crippen LogP contribution in [0.2, 0.25) is 0 Å². The van der Waals surface area contributed by atoms with Crippen LogP contribution in [0, 0.1) is 0 Å². The fraction of sp³-hybridized carbons (Fsp3) is 0.303. The van der Waals surface area contributed by atoms with Crippen molar-refractivity contribution in [2.45, 2.75) is 37.8 Å². The lowest BCUT2D eigenvalue weighted by molar-refractivity contribution is -0.136. The number of pyridine rings is 1. The summed E-state index contributed by atoms with van der Waals surface area (Å²) in [5.74, 6) is -1.09. The van der Waals surface area contributed by atoms with Crippen LogP contribution in [0.5, 0.6) is 5.75 Å². The number of unbranched alkanes of at least 4 members (excludes halogenated alkanes) is 1. The monoisotopic (exact) mass is 596 g/mol. The molecule has 1 saturated heterocycles. The number of benzene rings is 2. The average molecular weight is 597 g/mol. The molecule has 2 unspecified atom stereocenters. The summed E-state index contributed by atoms with van der Waals surface area (Å²) in [5, 5.41) is 6.76. The molecular formula is C33H32N4O7. The van der Waals surface area contributed by atoms with E-state index in [1.54, 1.807) is 24.4 Å². The molecule has 2 atom stereocenters. The Morgan fingerprint density at radius 2 is 1.84 bits per heavy atom. The van der Waals surface area contributed by atoms with E-state index in [-0.39, 0.29) is 30.0 Å². The van der Waals surface area contributed by atoms with E-state index in [9.17, 15) is 19.2 Å². The van der Waals surface area contributed by atoms with Gasteiger partial charge >= 0.3 is 0 Å². The Labute approximate surface area is 253 Å². The predicted molar refractivity (Wildman–Crippen MR) is 159 cm³/mol. The van der Waals surface area contributed by atoms with Gasteiger partial charge in [0.2, 0.25) is 11.8 Å². The molecular weight excluding hydrogens is 564 g/mol. The predicted octanol–water partition coefficient (Wildman–Crippen LogP) is 3.78. The third-order valence-electron chi connectivity index (χ3n) is 7.71. The zero-order valence-electron chi connectivity index (χ0n) is 24.0. The fourth-order valence-electron chi connectivity index (χ4n) is 5.54. The molecule has 2 aliphatic heterocycles. The van der Waals surface area contributed by atoms with Crippen LogP contribution in [0.1, 0.15) is 63.8 Å². The van der Waals surface area contributed by atoms with Gasteiger partial charge in [-0.25, -0.2) is 0 Å². The van der Waals surface area contributed by atoms with Gasteiger partial charge in [-0.15, -0.1) is 0 Å². The Kier molecular flexibility index (Phi) is 8.76. The highest BCUT2D eigenvalue weighted by Crippen LogP contribution is 2.34. The molecule has 2 aromatic heterocycles. The maximum Gasteiger partial charge on any atom is 0.266 e. The molecule has 2 aliphatic rings. The van der Waals surface area contributed by atoms with Gasteiger partial charge in [0.25, 0.3) is 11.8 Å². The van der Waals surface area contributed by atoms with E-state index in [4.69, 9.17) is 13.9 Å². The Morgan fingerprint density at radius 3 is 2.66 bits per heavy atom. The van der Waals surface area contributed by atoms with Crippen LogP contribution < -0.4 is 15.4 Å². The molecule has 4 aromatic rings. The van der Waals surface area contributed by atoms with E-state index in [0.717, 1.165) is 33.6 Å². The number of piperidine rings is 1.